The van der Waals surface area contributed by atoms with Crippen LogP contribution in [-0.2, 0) is 4.79 Å². The Labute approximate surface area is 124 Å². The van der Waals surface area contributed by atoms with E-state index >= 15 is 0 Å². The maximum atomic E-state index is 11.4. The molecule has 0 aliphatic rings. The zero-order valence-corrected chi connectivity index (χ0v) is 13.0. The number of amides is 1. The Bertz CT molecular complexity index is 519. The molecule has 6 nitrogen and oxygen atoms in total. The Kier molecular flexibility index (Phi) is 5.72. The third-order valence-electron chi connectivity index (χ3n) is 2.49. The summed E-state index contributed by atoms with van der Waals surface area (Å²) in [5.41, 5.74) is 1.54. The van der Waals surface area contributed by atoms with Gasteiger partial charge in [-0.15, -0.1) is 0 Å². The van der Waals surface area contributed by atoms with Crippen molar-refractivity contribution in [3.05, 3.63) is 23.8 Å². The van der Waals surface area contributed by atoms with Gasteiger partial charge in [-0.25, -0.2) is 5.43 Å². The Morgan fingerprint density at radius 1 is 1.38 bits per heavy atom. The van der Waals surface area contributed by atoms with E-state index in [-0.39, 0.29) is 6.10 Å². The van der Waals surface area contributed by atoms with Crippen LogP contribution in [0, 0.1) is 0 Å². The van der Waals surface area contributed by atoms with Crippen molar-refractivity contribution in [3.63, 3.8) is 0 Å². The molecule has 0 aliphatic carbocycles. The van der Waals surface area contributed by atoms with Gasteiger partial charge in [-0.05, 0) is 51.5 Å². The highest BCUT2D eigenvalue weighted by Gasteiger charge is 2.22. The van der Waals surface area contributed by atoms with Crippen LogP contribution in [0.5, 0.6) is 11.5 Å². The Balaban J connectivity index is 2.82. The maximum absolute atomic E-state index is 11.4. The number of aliphatic hydroxyl groups is 1. The lowest BCUT2D eigenvalue weighted by Gasteiger charge is -2.14. The molecule has 0 saturated carbocycles. The standard InChI is InChI=1S/C15H22N2O4/c1-10(2)21-13-8-11(6-7-12(13)20-5)9-16-17-14(18)15(3,4)19/h6-10,19H,1-5H3,(H,17,18)/b16-9-. The minimum atomic E-state index is -1.47. The average Bonchev–Trinajstić information content (AvgIpc) is 2.37. The van der Waals surface area contributed by atoms with Gasteiger partial charge in [0.15, 0.2) is 11.5 Å². The summed E-state index contributed by atoms with van der Waals surface area (Å²) in [7, 11) is 1.57. The first-order valence-electron chi connectivity index (χ1n) is 6.64. The minimum Gasteiger partial charge on any atom is -0.493 e. The quantitative estimate of drug-likeness (QED) is 0.618. The zero-order valence-electron chi connectivity index (χ0n) is 13.0. The van der Waals surface area contributed by atoms with Gasteiger partial charge in [0, 0.05) is 0 Å². The van der Waals surface area contributed by atoms with Crippen LogP contribution >= 0.6 is 0 Å². The second kappa shape index (κ2) is 7.08. The van der Waals surface area contributed by atoms with Gasteiger partial charge < -0.3 is 14.6 Å². The van der Waals surface area contributed by atoms with Crippen LogP contribution in [0.15, 0.2) is 23.3 Å². The number of hydrogen-bond donors (Lipinski definition) is 2. The number of nitrogens with zero attached hydrogens (tertiary/aromatic N) is 1. The van der Waals surface area contributed by atoms with E-state index in [1.54, 1.807) is 25.3 Å². The van der Waals surface area contributed by atoms with Gasteiger partial charge in [0.1, 0.15) is 5.60 Å². The van der Waals surface area contributed by atoms with Crippen molar-refractivity contribution < 1.29 is 19.4 Å². The summed E-state index contributed by atoms with van der Waals surface area (Å²) in [5, 5.41) is 13.3. The van der Waals surface area contributed by atoms with E-state index in [1.165, 1.54) is 20.1 Å². The lowest BCUT2D eigenvalue weighted by atomic mass is 10.1. The third kappa shape index (κ3) is 5.43. The fraction of sp³-hybridized carbons (Fsp3) is 0.467. The van der Waals surface area contributed by atoms with Crippen molar-refractivity contribution >= 4 is 12.1 Å². The molecule has 0 fully saturated rings. The molecule has 0 saturated heterocycles. The number of benzene rings is 1. The van der Waals surface area contributed by atoms with Crippen LogP contribution in [0.4, 0.5) is 0 Å². The molecule has 0 heterocycles. The number of methoxy groups -OCH3 is 1. The smallest absolute Gasteiger partial charge is 0.271 e. The van der Waals surface area contributed by atoms with E-state index < -0.39 is 11.5 Å². The average molecular weight is 294 g/mol. The normalized spacial score (nSPS) is 11.8. The molecule has 0 aliphatic heterocycles. The molecule has 21 heavy (non-hydrogen) atoms. The highest BCUT2D eigenvalue weighted by atomic mass is 16.5. The first-order chi connectivity index (χ1) is 9.74. The molecule has 0 spiro atoms. The first kappa shape index (κ1) is 17.0. The number of carbonyl (C=O) groups excluding carboxylic acids is 1. The predicted octanol–water partition coefficient (Wildman–Crippen LogP) is 1.70. The van der Waals surface area contributed by atoms with Gasteiger partial charge in [-0.2, -0.15) is 5.10 Å². The molecular formula is C15H22N2O4. The van der Waals surface area contributed by atoms with Gasteiger partial charge >= 0.3 is 0 Å². The van der Waals surface area contributed by atoms with Crippen LogP contribution in [0.1, 0.15) is 33.3 Å². The topological polar surface area (TPSA) is 80.2 Å². The molecular weight excluding hydrogens is 272 g/mol. The molecule has 0 aromatic heterocycles. The van der Waals surface area contributed by atoms with Crippen molar-refractivity contribution in [3.8, 4) is 11.5 Å². The molecule has 0 radical (unpaired) electrons. The summed E-state index contributed by atoms with van der Waals surface area (Å²) in [4.78, 5) is 11.4. The van der Waals surface area contributed by atoms with E-state index in [0.717, 1.165) is 5.56 Å². The fourth-order valence-corrected chi connectivity index (χ4v) is 1.42. The van der Waals surface area contributed by atoms with Crippen LogP contribution < -0.4 is 14.9 Å². The Morgan fingerprint density at radius 3 is 2.57 bits per heavy atom. The van der Waals surface area contributed by atoms with Crippen molar-refractivity contribution in [2.45, 2.75) is 39.4 Å². The SMILES string of the molecule is COc1ccc(/C=N\NC(=O)C(C)(C)O)cc1OC(C)C. The third-order valence-corrected chi connectivity index (χ3v) is 2.49. The number of hydrogen-bond acceptors (Lipinski definition) is 5. The second-order valence-electron chi connectivity index (χ2n) is 5.34. The molecule has 0 bridgehead atoms. The van der Waals surface area contributed by atoms with Crippen molar-refractivity contribution in [1.29, 1.82) is 0 Å². The summed E-state index contributed by atoms with van der Waals surface area (Å²) in [6.07, 6.45) is 1.48. The van der Waals surface area contributed by atoms with Gasteiger partial charge in [0.05, 0.1) is 19.4 Å². The molecule has 6 heteroatoms. The van der Waals surface area contributed by atoms with E-state index in [4.69, 9.17) is 9.47 Å². The molecule has 0 unspecified atom stereocenters. The number of carbonyl (C=O) groups is 1. The largest absolute Gasteiger partial charge is 0.493 e. The zero-order chi connectivity index (χ0) is 16.0. The number of nitrogens with one attached hydrogen (secondary N) is 1. The Hall–Kier alpha value is -2.08. The van der Waals surface area contributed by atoms with Gasteiger partial charge in [0.25, 0.3) is 5.91 Å². The van der Waals surface area contributed by atoms with Crippen molar-refractivity contribution in [2.24, 2.45) is 5.10 Å². The minimum absolute atomic E-state index is 0.0148. The summed E-state index contributed by atoms with van der Waals surface area (Å²) >= 11 is 0. The molecule has 1 aromatic rings. The van der Waals surface area contributed by atoms with Gasteiger partial charge in [-0.3, -0.25) is 4.79 Å². The monoisotopic (exact) mass is 294 g/mol. The summed E-state index contributed by atoms with van der Waals surface area (Å²) in [5.74, 6) is 0.651. The number of hydrazone groups is 1. The first-order valence-corrected chi connectivity index (χ1v) is 6.64. The van der Waals surface area contributed by atoms with Gasteiger partial charge in [0.2, 0.25) is 0 Å². The lowest BCUT2D eigenvalue weighted by molar-refractivity contribution is -0.136. The highest BCUT2D eigenvalue weighted by molar-refractivity contribution is 5.86. The highest BCUT2D eigenvalue weighted by Crippen LogP contribution is 2.28. The van der Waals surface area contributed by atoms with Crippen molar-refractivity contribution in [1.82, 2.24) is 5.43 Å². The van der Waals surface area contributed by atoms with Crippen molar-refractivity contribution in [2.75, 3.05) is 7.11 Å². The lowest BCUT2D eigenvalue weighted by Crippen LogP contribution is -2.39. The van der Waals surface area contributed by atoms with Gasteiger partial charge in [-0.1, -0.05) is 0 Å². The molecule has 1 rings (SSSR count). The van der Waals surface area contributed by atoms with E-state index in [0.29, 0.717) is 11.5 Å². The number of ether oxygens (including phenoxy) is 2. The molecule has 2 N–H and O–H groups in total. The number of rotatable bonds is 6. The van der Waals surface area contributed by atoms with E-state index in [1.807, 2.05) is 13.8 Å². The van der Waals surface area contributed by atoms with Crippen LogP contribution in [0.2, 0.25) is 0 Å². The summed E-state index contributed by atoms with van der Waals surface area (Å²) in [6, 6.07) is 5.31. The molecule has 116 valence electrons. The fourth-order valence-electron chi connectivity index (χ4n) is 1.42. The predicted molar refractivity (Wildman–Crippen MR) is 80.8 cm³/mol. The van der Waals surface area contributed by atoms with E-state index in [9.17, 15) is 9.90 Å². The summed E-state index contributed by atoms with van der Waals surface area (Å²) in [6.45, 7) is 6.62. The second-order valence-corrected chi connectivity index (χ2v) is 5.34. The van der Waals surface area contributed by atoms with Crippen LogP contribution in [-0.4, -0.2) is 36.0 Å². The maximum Gasteiger partial charge on any atom is 0.271 e. The van der Waals surface area contributed by atoms with Crippen LogP contribution in [0.25, 0.3) is 0 Å². The van der Waals surface area contributed by atoms with E-state index in [2.05, 4.69) is 10.5 Å². The summed E-state index contributed by atoms with van der Waals surface area (Å²) < 4.78 is 10.9. The molecule has 1 aromatic carbocycles. The van der Waals surface area contributed by atoms with Crippen LogP contribution in [0.3, 0.4) is 0 Å². The Morgan fingerprint density at radius 2 is 2.05 bits per heavy atom. The molecule has 1 amide bonds. The molecule has 0 atom stereocenters.